The third kappa shape index (κ3) is 1.30. The highest BCUT2D eigenvalue weighted by Crippen LogP contribution is 2.44. The molecule has 0 aromatic rings. The van der Waals surface area contributed by atoms with Gasteiger partial charge in [-0.1, -0.05) is 0 Å². The molecule has 0 radical (unpaired) electrons. The Balaban J connectivity index is 2.23. The van der Waals surface area contributed by atoms with Gasteiger partial charge in [-0.3, -0.25) is 4.90 Å². The maximum Gasteiger partial charge on any atom is 0.0773 e. The lowest BCUT2D eigenvalue weighted by molar-refractivity contribution is 0.0349. The topological polar surface area (TPSA) is 49.5 Å². The van der Waals surface area contributed by atoms with Gasteiger partial charge < -0.3 is 10.8 Å². The third-order valence-corrected chi connectivity index (χ3v) is 4.07. The van der Waals surface area contributed by atoms with Crippen LogP contribution in [0.1, 0.15) is 33.6 Å². The van der Waals surface area contributed by atoms with E-state index < -0.39 is 0 Å². The first-order chi connectivity index (χ1) is 6.50. The van der Waals surface area contributed by atoms with E-state index in [1.165, 1.54) is 12.8 Å². The quantitative estimate of drug-likeness (QED) is 0.682. The standard InChI is InChI=1S/C11H22N2O/c1-7-9(6-12)10(14)11(2,3)13(7)8-4-5-8/h7-10,14H,4-6,12H2,1-3H3. The molecule has 0 aromatic carbocycles. The van der Waals surface area contributed by atoms with E-state index in [9.17, 15) is 5.11 Å². The number of rotatable bonds is 2. The molecular formula is C11H22N2O. The van der Waals surface area contributed by atoms with Crippen LogP contribution < -0.4 is 5.73 Å². The summed E-state index contributed by atoms with van der Waals surface area (Å²) in [7, 11) is 0. The van der Waals surface area contributed by atoms with Gasteiger partial charge in [0.1, 0.15) is 0 Å². The molecule has 3 unspecified atom stereocenters. The Kier molecular flexibility index (Phi) is 2.37. The minimum atomic E-state index is -0.275. The number of aliphatic hydroxyl groups excluding tert-OH is 1. The molecule has 3 atom stereocenters. The molecule has 2 fully saturated rings. The van der Waals surface area contributed by atoms with Gasteiger partial charge in [0.05, 0.1) is 6.10 Å². The molecule has 1 saturated heterocycles. The van der Waals surface area contributed by atoms with Crippen LogP contribution in [0.4, 0.5) is 0 Å². The van der Waals surface area contributed by atoms with Crippen molar-refractivity contribution in [2.75, 3.05) is 6.54 Å². The van der Waals surface area contributed by atoms with Crippen LogP contribution in [0.2, 0.25) is 0 Å². The molecule has 3 N–H and O–H groups in total. The summed E-state index contributed by atoms with van der Waals surface area (Å²) in [5, 5.41) is 10.2. The van der Waals surface area contributed by atoms with E-state index in [1.807, 2.05) is 0 Å². The van der Waals surface area contributed by atoms with Gasteiger partial charge in [0.15, 0.2) is 0 Å². The highest BCUT2D eigenvalue weighted by Gasteiger charge is 2.54. The summed E-state index contributed by atoms with van der Waals surface area (Å²) in [5.41, 5.74) is 5.64. The third-order valence-electron chi connectivity index (χ3n) is 4.07. The maximum absolute atomic E-state index is 10.2. The van der Waals surface area contributed by atoms with Crippen LogP contribution in [0, 0.1) is 5.92 Å². The summed E-state index contributed by atoms with van der Waals surface area (Å²) in [4.78, 5) is 2.48. The van der Waals surface area contributed by atoms with Gasteiger partial charge in [-0.2, -0.15) is 0 Å². The molecule has 1 aliphatic carbocycles. The first kappa shape index (κ1) is 10.4. The lowest BCUT2D eigenvalue weighted by Crippen LogP contribution is -2.48. The van der Waals surface area contributed by atoms with Crippen molar-refractivity contribution in [2.24, 2.45) is 11.7 Å². The number of nitrogens with two attached hydrogens (primary N) is 1. The molecule has 0 spiro atoms. The smallest absolute Gasteiger partial charge is 0.0773 e. The predicted octanol–water partition coefficient (Wildman–Crippen LogP) is 0.567. The van der Waals surface area contributed by atoms with Crippen LogP contribution in [0.3, 0.4) is 0 Å². The zero-order chi connectivity index (χ0) is 10.5. The Labute approximate surface area is 86.3 Å². The van der Waals surface area contributed by atoms with Crippen molar-refractivity contribution in [1.29, 1.82) is 0 Å². The average molecular weight is 198 g/mol. The van der Waals surface area contributed by atoms with Gasteiger partial charge in [0.2, 0.25) is 0 Å². The fraction of sp³-hybridized carbons (Fsp3) is 1.00. The van der Waals surface area contributed by atoms with Gasteiger partial charge in [0, 0.05) is 23.5 Å². The van der Waals surface area contributed by atoms with Gasteiger partial charge in [0.25, 0.3) is 0 Å². The molecule has 1 aliphatic heterocycles. The molecule has 1 heterocycles. The number of hydrogen-bond acceptors (Lipinski definition) is 3. The Morgan fingerprint density at radius 1 is 1.43 bits per heavy atom. The van der Waals surface area contributed by atoms with Crippen LogP contribution in [0.5, 0.6) is 0 Å². The van der Waals surface area contributed by atoms with Crippen LogP contribution >= 0.6 is 0 Å². The molecular weight excluding hydrogens is 176 g/mol. The first-order valence-corrected chi connectivity index (χ1v) is 5.66. The van der Waals surface area contributed by atoms with Crippen LogP contribution in [0.15, 0.2) is 0 Å². The summed E-state index contributed by atoms with van der Waals surface area (Å²) in [6.07, 6.45) is 2.30. The zero-order valence-corrected chi connectivity index (χ0v) is 9.40. The number of aliphatic hydroxyl groups is 1. The monoisotopic (exact) mass is 198 g/mol. The van der Waals surface area contributed by atoms with E-state index in [0.29, 0.717) is 18.6 Å². The van der Waals surface area contributed by atoms with Crippen molar-refractivity contribution < 1.29 is 5.11 Å². The Bertz CT molecular complexity index is 225. The predicted molar refractivity (Wildman–Crippen MR) is 57.0 cm³/mol. The van der Waals surface area contributed by atoms with Crippen LogP contribution in [-0.2, 0) is 0 Å². The molecule has 1 saturated carbocycles. The van der Waals surface area contributed by atoms with Gasteiger partial charge in [-0.15, -0.1) is 0 Å². The molecule has 0 bridgehead atoms. The first-order valence-electron chi connectivity index (χ1n) is 5.66. The van der Waals surface area contributed by atoms with E-state index in [2.05, 4.69) is 25.7 Å². The second-order valence-corrected chi connectivity index (χ2v) is 5.38. The number of nitrogens with zero attached hydrogens (tertiary/aromatic N) is 1. The lowest BCUT2D eigenvalue weighted by Gasteiger charge is -2.36. The largest absolute Gasteiger partial charge is 0.391 e. The van der Waals surface area contributed by atoms with E-state index >= 15 is 0 Å². The van der Waals surface area contributed by atoms with E-state index in [-0.39, 0.29) is 17.6 Å². The summed E-state index contributed by atoms with van der Waals surface area (Å²) in [6, 6.07) is 1.13. The van der Waals surface area contributed by atoms with Crippen LogP contribution in [0.25, 0.3) is 0 Å². The van der Waals surface area contributed by atoms with Gasteiger partial charge in [-0.25, -0.2) is 0 Å². The number of likely N-dealkylation sites (tertiary alicyclic amines) is 1. The minimum Gasteiger partial charge on any atom is -0.391 e. The van der Waals surface area contributed by atoms with E-state index in [0.717, 1.165) is 0 Å². The SMILES string of the molecule is CC1C(CN)C(O)C(C)(C)N1C1CC1. The maximum atomic E-state index is 10.2. The Hall–Kier alpha value is -0.120. The van der Waals surface area contributed by atoms with Gasteiger partial charge >= 0.3 is 0 Å². The zero-order valence-electron chi connectivity index (χ0n) is 9.40. The minimum absolute atomic E-state index is 0.0926. The van der Waals surface area contributed by atoms with Crippen molar-refractivity contribution in [3.05, 3.63) is 0 Å². The van der Waals surface area contributed by atoms with E-state index in [4.69, 9.17) is 5.73 Å². The number of hydrogen-bond donors (Lipinski definition) is 2. The van der Waals surface area contributed by atoms with Crippen LogP contribution in [-0.4, -0.2) is 40.3 Å². The average Bonchev–Trinajstić information content (AvgIpc) is 2.86. The van der Waals surface area contributed by atoms with Gasteiger partial charge in [-0.05, 0) is 40.2 Å². The highest BCUT2D eigenvalue weighted by molar-refractivity contribution is 5.09. The summed E-state index contributed by atoms with van der Waals surface area (Å²) < 4.78 is 0. The Morgan fingerprint density at radius 3 is 2.36 bits per heavy atom. The van der Waals surface area contributed by atoms with Crippen molar-refractivity contribution in [3.8, 4) is 0 Å². The van der Waals surface area contributed by atoms with Crippen molar-refractivity contribution in [1.82, 2.24) is 4.90 Å². The molecule has 0 amide bonds. The summed E-state index contributed by atoms with van der Waals surface area (Å²) in [6.45, 7) is 7.08. The molecule has 0 aromatic heterocycles. The molecule has 2 rings (SSSR count). The summed E-state index contributed by atoms with van der Waals surface area (Å²) >= 11 is 0. The summed E-state index contributed by atoms with van der Waals surface area (Å²) in [5.74, 6) is 0.241. The second-order valence-electron chi connectivity index (χ2n) is 5.38. The van der Waals surface area contributed by atoms with Crippen molar-refractivity contribution in [2.45, 2.75) is 57.3 Å². The van der Waals surface area contributed by atoms with Crippen molar-refractivity contribution in [3.63, 3.8) is 0 Å². The van der Waals surface area contributed by atoms with E-state index in [1.54, 1.807) is 0 Å². The molecule has 82 valence electrons. The molecule has 3 heteroatoms. The second kappa shape index (κ2) is 3.19. The lowest BCUT2D eigenvalue weighted by atomic mass is 9.91. The van der Waals surface area contributed by atoms with Crippen molar-refractivity contribution >= 4 is 0 Å². The highest BCUT2D eigenvalue weighted by atomic mass is 16.3. The molecule has 14 heavy (non-hydrogen) atoms. The normalized spacial score (nSPS) is 43.1. The molecule has 3 nitrogen and oxygen atoms in total. The molecule has 2 aliphatic rings. The fourth-order valence-electron chi connectivity index (χ4n) is 3.15. The Morgan fingerprint density at radius 2 is 2.00 bits per heavy atom. The fourth-order valence-corrected chi connectivity index (χ4v) is 3.15.